The Morgan fingerprint density at radius 3 is 2.78 bits per heavy atom. The second-order valence-electron chi connectivity index (χ2n) is 4.26. The summed E-state index contributed by atoms with van der Waals surface area (Å²) in [5.74, 6) is -1.27. The Morgan fingerprint density at radius 1 is 1.39 bits per heavy atom. The zero-order valence-corrected chi connectivity index (χ0v) is 10.8. The van der Waals surface area contributed by atoms with E-state index < -0.39 is 17.4 Å². The fourth-order valence-corrected chi connectivity index (χ4v) is 2.21. The number of amides is 1. The molecule has 0 fully saturated rings. The Bertz CT molecular complexity index is 554. The average molecular weight is 265 g/mol. The molecule has 0 saturated heterocycles. The number of hydrogen-bond donors (Lipinski definition) is 1. The number of carbonyl (C=O) groups excluding carboxylic acids is 1. The van der Waals surface area contributed by atoms with Gasteiger partial charge in [-0.2, -0.15) is 4.39 Å². The van der Waals surface area contributed by atoms with Crippen LogP contribution in [0.5, 0.6) is 0 Å². The van der Waals surface area contributed by atoms with Crippen molar-refractivity contribution >= 4 is 17.2 Å². The molecule has 0 unspecified atom stereocenters. The van der Waals surface area contributed by atoms with Gasteiger partial charge in [0.15, 0.2) is 0 Å². The molecule has 0 aliphatic rings. The van der Waals surface area contributed by atoms with Crippen molar-refractivity contribution in [1.29, 1.82) is 0 Å². The van der Waals surface area contributed by atoms with Crippen LogP contribution in [0.2, 0.25) is 0 Å². The van der Waals surface area contributed by atoms with E-state index in [9.17, 15) is 9.18 Å². The molecule has 2 aromatic heterocycles. The predicted molar refractivity (Wildman–Crippen MR) is 66.8 cm³/mol. The molecule has 0 spiro atoms. The van der Waals surface area contributed by atoms with E-state index >= 15 is 0 Å². The van der Waals surface area contributed by atoms with Crippen molar-refractivity contribution < 1.29 is 9.18 Å². The summed E-state index contributed by atoms with van der Waals surface area (Å²) in [7, 11) is 0. The summed E-state index contributed by atoms with van der Waals surface area (Å²) in [5.41, 5.74) is -0.713. The molecule has 6 heteroatoms. The number of rotatable bonds is 3. The molecule has 0 atom stereocenters. The normalized spacial score (nSPS) is 11.3. The Labute approximate surface area is 108 Å². The van der Waals surface area contributed by atoms with Gasteiger partial charge in [0.1, 0.15) is 5.01 Å². The van der Waals surface area contributed by atoms with Gasteiger partial charge in [-0.3, -0.25) is 4.79 Å². The van der Waals surface area contributed by atoms with Crippen LogP contribution in [0, 0.1) is 5.95 Å². The van der Waals surface area contributed by atoms with Crippen LogP contribution in [0.4, 0.5) is 4.39 Å². The first-order valence-corrected chi connectivity index (χ1v) is 6.21. The highest BCUT2D eigenvalue weighted by Crippen LogP contribution is 2.22. The minimum Gasteiger partial charge on any atom is -0.341 e. The first-order valence-electron chi connectivity index (χ1n) is 5.34. The molecular weight excluding hydrogens is 253 g/mol. The van der Waals surface area contributed by atoms with E-state index in [1.165, 1.54) is 29.7 Å². The fourth-order valence-electron chi connectivity index (χ4n) is 1.49. The third-order valence-electron chi connectivity index (χ3n) is 2.40. The van der Waals surface area contributed by atoms with Gasteiger partial charge in [0.2, 0.25) is 5.95 Å². The average Bonchev–Trinajstić information content (AvgIpc) is 2.82. The SMILES string of the molecule is CC(C)(NC(=O)c1cccnc1F)c1nccs1. The maximum Gasteiger partial charge on any atom is 0.256 e. The zero-order valence-electron chi connectivity index (χ0n) is 9.98. The Morgan fingerprint density at radius 2 is 2.17 bits per heavy atom. The van der Waals surface area contributed by atoms with E-state index in [1.54, 1.807) is 6.20 Å². The second kappa shape index (κ2) is 4.81. The van der Waals surface area contributed by atoms with Crippen LogP contribution in [0.3, 0.4) is 0 Å². The van der Waals surface area contributed by atoms with Crippen LogP contribution in [-0.4, -0.2) is 15.9 Å². The number of aromatic nitrogens is 2. The van der Waals surface area contributed by atoms with Crippen molar-refractivity contribution in [3.8, 4) is 0 Å². The molecule has 0 aromatic carbocycles. The maximum atomic E-state index is 13.4. The lowest BCUT2D eigenvalue weighted by atomic mass is 10.1. The first-order chi connectivity index (χ1) is 8.50. The number of halogens is 1. The Hall–Kier alpha value is -1.82. The molecule has 94 valence electrons. The minimum atomic E-state index is -0.773. The lowest BCUT2D eigenvalue weighted by molar-refractivity contribution is 0.0907. The molecular formula is C12H12FN3OS. The summed E-state index contributed by atoms with van der Waals surface area (Å²) in [4.78, 5) is 19.6. The van der Waals surface area contributed by atoms with Gasteiger partial charge in [0, 0.05) is 17.8 Å². The van der Waals surface area contributed by atoms with E-state index in [0.29, 0.717) is 0 Å². The smallest absolute Gasteiger partial charge is 0.256 e. The summed E-state index contributed by atoms with van der Waals surface area (Å²) in [5, 5.41) is 5.34. The van der Waals surface area contributed by atoms with Crippen LogP contribution in [0.1, 0.15) is 29.2 Å². The summed E-state index contributed by atoms with van der Waals surface area (Å²) < 4.78 is 13.4. The van der Waals surface area contributed by atoms with E-state index in [2.05, 4.69) is 15.3 Å². The first kappa shape index (κ1) is 12.6. The zero-order chi connectivity index (χ0) is 13.2. The summed E-state index contributed by atoms with van der Waals surface area (Å²) in [6.45, 7) is 3.63. The van der Waals surface area contributed by atoms with Crippen LogP contribution in [-0.2, 0) is 5.54 Å². The maximum absolute atomic E-state index is 13.4. The third kappa shape index (κ3) is 2.53. The number of hydrogen-bond acceptors (Lipinski definition) is 4. The molecule has 0 aliphatic carbocycles. The summed E-state index contributed by atoms with van der Waals surface area (Å²) >= 11 is 1.44. The standard InChI is InChI=1S/C12H12FN3OS/c1-12(2,11-15-6-7-18-11)16-10(17)8-4-3-5-14-9(8)13/h3-7H,1-2H3,(H,16,17). The fraction of sp³-hybridized carbons (Fsp3) is 0.250. The van der Waals surface area contributed by atoms with Gasteiger partial charge in [-0.05, 0) is 26.0 Å². The van der Waals surface area contributed by atoms with Crippen molar-refractivity contribution in [1.82, 2.24) is 15.3 Å². The van der Waals surface area contributed by atoms with Crippen molar-refractivity contribution in [3.05, 3.63) is 46.4 Å². The molecule has 4 nitrogen and oxygen atoms in total. The van der Waals surface area contributed by atoms with Crippen LogP contribution >= 0.6 is 11.3 Å². The Kier molecular flexibility index (Phi) is 3.38. The minimum absolute atomic E-state index is 0.0675. The van der Waals surface area contributed by atoms with Gasteiger partial charge in [0.25, 0.3) is 5.91 Å². The van der Waals surface area contributed by atoms with Crippen LogP contribution in [0.15, 0.2) is 29.9 Å². The number of carbonyl (C=O) groups is 1. The van der Waals surface area contributed by atoms with E-state index in [-0.39, 0.29) is 5.56 Å². The highest BCUT2D eigenvalue weighted by molar-refractivity contribution is 7.09. The predicted octanol–water partition coefficient (Wildman–Crippen LogP) is 2.34. The molecule has 1 N–H and O–H groups in total. The van der Waals surface area contributed by atoms with Crippen molar-refractivity contribution in [2.24, 2.45) is 0 Å². The highest BCUT2D eigenvalue weighted by Gasteiger charge is 2.27. The largest absolute Gasteiger partial charge is 0.341 e. The van der Waals surface area contributed by atoms with Crippen molar-refractivity contribution in [3.63, 3.8) is 0 Å². The van der Waals surface area contributed by atoms with Crippen LogP contribution < -0.4 is 5.32 Å². The molecule has 0 radical (unpaired) electrons. The monoisotopic (exact) mass is 265 g/mol. The lowest BCUT2D eigenvalue weighted by Gasteiger charge is -2.23. The van der Waals surface area contributed by atoms with E-state index in [0.717, 1.165) is 5.01 Å². The highest BCUT2D eigenvalue weighted by atomic mass is 32.1. The summed E-state index contributed by atoms with van der Waals surface area (Å²) in [6, 6.07) is 2.92. The van der Waals surface area contributed by atoms with Gasteiger partial charge >= 0.3 is 0 Å². The molecule has 2 heterocycles. The quantitative estimate of drug-likeness (QED) is 0.867. The number of nitrogens with one attached hydrogen (secondary N) is 1. The van der Waals surface area contributed by atoms with Gasteiger partial charge in [-0.1, -0.05) is 0 Å². The summed E-state index contributed by atoms with van der Waals surface area (Å²) in [6.07, 6.45) is 2.97. The van der Waals surface area contributed by atoms with Gasteiger partial charge in [-0.15, -0.1) is 11.3 Å². The van der Waals surface area contributed by atoms with Crippen molar-refractivity contribution in [2.45, 2.75) is 19.4 Å². The van der Waals surface area contributed by atoms with E-state index in [4.69, 9.17) is 0 Å². The van der Waals surface area contributed by atoms with Crippen molar-refractivity contribution in [2.75, 3.05) is 0 Å². The van der Waals surface area contributed by atoms with Crippen LogP contribution in [0.25, 0.3) is 0 Å². The number of thiazole rings is 1. The molecule has 0 saturated carbocycles. The van der Waals surface area contributed by atoms with E-state index in [1.807, 2.05) is 19.2 Å². The second-order valence-corrected chi connectivity index (χ2v) is 5.15. The lowest BCUT2D eigenvalue weighted by Crippen LogP contribution is -2.41. The number of pyridine rings is 1. The molecule has 18 heavy (non-hydrogen) atoms. The van der Waals surface area contributed by atoms with Gasteiger partial charge in [-0.25, -0.2) is 9.97 Å². The third-order valence-corrected chi connectivity index (χ3v) is 3.49. The number of nitrogens with zero attached hydrogens (tertiary/aromatic N) is 2. The molecule has 2 rings (SSSR count). The molecule has 1 amide bonds. The molecule has 0 aliphatic heterocycles. The molecule has 2 aromatic rings. The molecule has 0 bridgehead atoms. The van der Waals surface area contributed by atoms with Gasteiger partial charge in [0.05, 0.1) is 11.1 Å². The Balaban J connectivity index is 2.20. The van der Waals surface area contributed by atoms with Gasteiger partial charge < -0.3 is 5.32 Å². The topological polar surface area (TPSA) is 54.9 Å².